The number of halogens is 1. The molecular weight excluding hydrogens is 302 g/mol. The van der Waals surface area contributed by atoms with E-state index < -0.39 is 0 Å². The molecule has 2 nitrogen and oxygen atoms in total. The first-order valence-corrected chi connectivity index (χ1v) is 6.73. The number of hydrogen-bond acceptors (Lipinski definition) is 1. The van der Waals surface area contributed by atoms with Crippen molar-refractivity contribution in [2.45, 2.75) is 0 Å². The summed E-state index contributed by atoms with van der Waals surface area (Å²) in [5, 5.41) is 0. The number of hydrogen-bond donors (Lipinski definition) is 0. The van der Waals surface area contributed by atoms with Crippen LogP contribution in [0.3, 0.4) is 0 Å². The van der Waals surface area contributed by atoms with Gasteiger partial charge in [-0.3, -0.25) is 4.79 Å². The van der Waals surface area contributed by atoms with Gasteiger partial charge in [0.05, 0.1) is 6.54 Å². The summed E-state index contributed by atoms with van der Waals surface area (Å²) >= 11 is 3.34. The minimum absolute atomic E-state index is 0.0299. The Hall–Kier alpha value is -1.87. The zero-order valence-corrected chi connectivity index (χ0v) is 12.0. The van der Waals surface area contributed by atoms with Crippen molar-refractivity contribution < 1.29 is 4.79 Å². The molecular formula is C16H14BrNO. The van der Waals surface area contributed by atoms with Gasteiger partial charge in [-0.25, -0.2) is 0 Å². The second kappa shape index (κ2) is 6.34. The molecule has 0 radical (unpaired) electrons. The van der Waals surface area contributed by atoms with Crippen molar-refractivity contribution >= 4 is 27.5 Å². The van der Waals surface area contributed by atoms with Crippen LogP contribution in [0.1, 0.15) is 0 Å². The lowest BCUT2D eigenvalue weighted by molar-refractivity contribution is -0.117. The summed E-state index contributed by atoms with van der Waals surface area (Å²) in [5.74, 6) is 0.0299. The van der Waals surface area contributed by atoms with E-state index in [0.717, 1.165) is 10.2 Å². The number of carbonyl (C=O) groups is 1. The zero-order chi connectivity index (χ0) is 13.7. The fourth-order valence-electron chi connectivity index (χ4n) is 1.64. The van der Waals surface area contributed by atoms with Crippen LogP contribution in [0.25, 0.3) is 0 Å². The predicted molar refractivity (Wildman–Crippen MR) is 82.1 cm³/mol. The van der Waals surface area contributed by atoms with Gasteiger partial charge in [-0.05, 0) is 24.3 Å². The minimum atomic E-state index is 0.0299. The summed E-state index contributed by atoms with van der Waals surface area (Å²) in [5.41, 5.74) is 1.61. The third-order valence-electron chi connectivity index (χ3n) is 2.70. The first kappa shape index (κ1) is 13.6. The highest BCUT2D eigenvalue weighted by molar-refractivity contribution is 9.10. The van der Waals surface area contributed by atoms with E-state index in [9.17, 15) is 4.79 Å². The van der Waals surface area contributed by atoms with Crippen molar-refractivity contribution in [2.75, 3.05) is 11.4 Å². The highest BCUT2D eigenvalue weighted by Crippen LogP contribution is 2.25. The third kappa shape index (κ3) is 3.55. The molecule has 1 aliphatic rings. The highest BCUT2D eigenvalue weighted by atomic mass is 79.9. The van der Waals surface area contributed by atoms with E-state index in [4.69, 9.17) is 0 Å². The molecule has 3 rings (SSSR count). The Labute approximate surface area is 121 Å². The molecule has 19 heavy (non-hydrogen) atoms. The van der Waals surface area contributed by atoms with Gasteiger partial charge >= 0.3 is 0 Å². The number of carbonyl (C=O) groups excluding carboxylic acids is 1. The summed E-state index contributed by atoms with van der Waals surface area (Å²) in [6.45, 7) is 4.29. The molecule has 0 bridgehead atoms. The van der Waals surface area contributed by atoms with Crippen LogP contribution in [-0.4, -0.2) is 12.5 Å². The van der Waals surface area contributed by atoms with Gasteiger partial charge in [0.1, 0.15) is 0 Å². The maximum absolute atomic E-state index is 11.3. The van der Waals surface area contributed by atoms with Crippen LogP contribution >= 0.6 is 15.9 Å². The van der Waals surface area contributed by atoms with Crippen LogP contribution in [0.2, 0.25) is 0 Å². The minimum Gasteiger partial charge on any atom is -0.304 e. The van der Waals surface area contributed by atoms with Crippen LogP contribution in [0.5, 0.6) is 0 Å². The molecule has 96 valence electrons. The second-order valence-corrected chi connectivity index (χ2v) is 5.04. The van der Waals surface area contributed by atoms with Gasteiger partial charge in [0.2, 0.25) is 0 Å². The lowest BCUT2D eigenvalue weighted by Crippen LogP contribution is -2.45. The zero-order valence-electron chi connectivity index (χ0n) is 10.4. The molecule has 1 fully saturated rings. The Morgan fingerprint density at radius 2 is 1.42 bits per heavy atom. The molecule has 0 aromatic heterocycles. The topological polar surface area (TPSA) is 20.3 Å². The quantitative estimate of drug-likeness (QED) is 0.574. The smallest absolute Gasteiger partial charge is 0.255 e. The summed E-state index contributed by atoms with van der Waals surface area (Å²) in [6.07, 6.45) is 0. The van der Waals surface area contributed by atoms with E-state index in [1.807, 2.05) is 60.7 Å². The Morgan fingerprint density at radius 3 is 1.79 bits per heavy atom. The van der Waals surface area contributed by atoms with Gasteiger partial charge in [-0.15, -0.1) is 0 Å². The average molecular weight is 316 g/mol. The number of nitrogens with zero attached hydrogens (tertiary/aromatic N) is 1. The standard InChI is InChI=1S/C10H8BrNO.C6H6/c1-7-6-12(10(7)13)9-4-2-8(11)3-5-9;1-2-4-6-5-3-1/h2-5H,1,6H2;1-6H. The first-order chi connectivity index (χ1) is 9.18. The largest absolute Gasteiger partial charge is 0.304 e. The van der Waals surface area contributed by atoms with Gasteiger partial charge in [-0.1, -0.05) is 58.9 Å². The van der Waals surface area contributed by atoms with Gasteiger partial charge in [0.25, 0.3) is 5.91 Å². The molecule has 1 amide bonds. The SMILES string of the molecule is C=C1CN(c2ccc(Br)cc2)C1=O.c1ccccc1. The van der Waals surface area contributed by atoms with Gasteiger partial charge in [-0.2, -0.15) is 0 Å². The van der Waals surface area contributed by atoms with E-state index in [-0.39, 0.29) is 5.91 Å². The van der Waals surface area contributed by atoms with Crippen molar-refractivity contribution in [1.29, 1.82) is 0 Å². The predicted octanol–water partition coefficient (Wildman–Crippen LogP) is 4.04. The molecule has 1 saturated heterocycles. The van der Waals surface area contributed by atoms with E-state index in [1.165, 1.54) is 0 Å². The molecule has 3 heteroatoms. The summed E-state index contributed by atoms with van der Waals surface area (Å²) in [4.78, 5) is 13.0. The normalized spacial score (nSPS) is 13.4. The fraction of sp³-hybridized carbons (Fsp3) is 0.0625. The molecule has 0 saturated carbocycles. The lowest BCUT2D eigenvalue weighted by atomic mass is 10.1. The highest BCUT2D eigenvalue weighted by Gasteiger charge is 2.29. The van der Waals surface area contributed by atoms with Gasteiger partial charge in [0, 0.05) is 15.7 Å². The third-order valence-corrected chi connectivity index (χ3v) is 3.23. The van der Waals surface area contributed by atoms with Crippen molar-refractivity contribution in [2.24, 2.45) is 0 Å². The fourth-order valence-corrected chi connectivity index (χ4v) is 1.91. The lowest BCUT2D eigenvalue weighted by Gasteiger charge is -2.32. The molecule has 0 unspecified atom stereocenters. The van der Waals surface area contributed by atoms with E-state index in [1.54, 1.807) is 4.90 Å². The van der Waals surface area contributed by atoms with Gasteiger partial charge in [0.15, 0.2) is 0 Å². The number of β-lactam (4-membered cyclic amide) rings is 1. The first-order valence-electron chi connectivity index (χ1n) is 5.94. The Bertz CT molecular complexity index is 536. The van der Waals surface area contributed by atoms with Crippen LogP contribution < -0.4 is 4.90 Å². The van der Waals surface area contributed by atoms with Crippen molar-refractivity contribution in [1.82, 2.24) is 0 Å². The monoisotopic (exact) mass is 315 g/mol. The van der Waals surface area contributed by atoms with Crippen molar-refractivity contribution in [3.05, 3.63) is 77.3 Å². The molecule has 2 aromatic rings. The number of rotatable bonds is 1. The molecule has 1 heterocycles. The Kier molecular flexibility index (Phi) is 4.53. The second-order valence-electron chi connectivity index (χ2n) is 4.13. The van der Waals surface area contributed by atoms with Crippen LogP contribution in [0, 0.1) is 0 Å². The van der Waals surface area contributed by atoms with Crippen LogP contribution in [-0.2, 0) is 4.79 Å². The molecule has 0 spiro atoms. The molecule has 0 N–H and O–H groups in total. The maximum atomic E-state index is 11.3. The summed E-state index contributed by atoms with van der Waals surface area (Å²) in [6, 6.07) is 19.7. The number of benzene rings is 2. The van der Waals surface area contributed by atoms with Crippen LogP contribution in [0.15, 0.2) is 77.3 Å². The number of amides is 1. The number of anilines is 1. The maximum Gasteiger partial charge on any atom is 0.255 e. The van der Waals surface area contributed by atoms with E-state index >= 15 is 0 Å². The summed E-state index contributed by atoms with van der Waals surface area (Å²) < 4.78 is 1.02. The molecule has 1 aliphatic heterocycles. The molecule has 2 aromatic carbocycles. The summed E-state index contributed by atoms with van der Waals surface area (Å²) in [7, 11) is 0. The molecule has 0 aliphatic carbocycles. The average Bonchev–Trinajstić information content (AvgIpc) is 2.48. The van der Waals surface area contributed by atoms with Gasteiger partial charge < -0.3 is 4.90 Å². The van der Waals surface area contributed by atoms with Crippen molar-refractivity contribution in [3.8, 4) is 0 Å². The van der Waals surface area contributed by atoms with E-state index in [2.05, 4.69) is 22.5 Å². The van der Waals surface area contributed by atoms with Crippen LogP contribution in [0.4, 0.5) is 5.69 Å². The van der Waals surface area contributed by atoms with Crippen molar-refractivity contribution in [3.63, 3.8) is 0 Å². The Morgan fingerprint density at radius 1 is 0.947 bits per heavy atom. The Balaban J connectivity index is 0.000000186. The van der Waals surface area contributed by atoms with E-state index in [0.29, 0.717) is 12.1 Å². The molecule has 0 atom stereocenters.